The average Bonchev–Trinajstić information content (AvgIpc) is 2.62. The molecule has 1 aliphatic carbocycles. The van der Waals surface area contributed by atoms with E-state index in [1.807, 2.05) is 18.2 Å². The lowest BCUT2D eigenvalue weighted by atomic mass is 10.1. The largest absolute Gasteiger partial charge is 0.443 e. The van der Waals surface area contributed by atoms with E-state index in [4.69, 9.17) is 4.74 Å². The molecule has 0 heterocycles. The van der Waals surface area contributed by atoms with Crippen molar-refractivity contribution in [2.24, 2.45) is 0 Å². The zero-order valence-corrected chi connectivity index (χ0v) is 11.3. The minimum absolute atomic E-state index is 0.0825. The number of ether oxygens (including phenoxy) is 1. The summed E-state index contributed by atoms with van der Waals surface area (Å²) in [5.74, 6) is 0.0825. The van der Waals surface area contributed by atoms with Gasteiger partial charge in [0.1, 0.15) is 5.60 Å². The SMILES string of the molecule is CC(C)(C)OC(=O)NNC1CC(=O)c2ccccc21. The Bertz CT molecular complexity index is 506. The van der Waals surface area contributed by atoms with Crippen molar-refractivity contribution < 1.29 is 14.3 Å². The number of benzene rings is 1. The summed E-state index contributed by atoms with van der Waals surface area (Å²) in [4.78, 5) is 23.3. The predicted molar refractivity (Wildman–Crippen MR) is 70.6 cm³/mol. The molecule has 1 aromatic carbocycles. The standard InChI is InChI=1S/C14H18N2O3/c1-14(2,3)19-13(18)16-15-11-8-12(17)10-7-5-4-6-9(10)11/h4-7,11,15H,8H2,1-3H3,(H,16,18). The lowest BCUT2D eigenvalue weighted by Gasteiger charge is -2.21. The molecule has 0 radical (unpaired) electrons. The van der Waals surface area contributed by atoms with Gasteiger partial charge in [-0.05, 0) is 26.3 Å². The van der Waals surface area contributed by atoms with E-state index >= 15 is 0 Å². The van der Waals surface area contributed by atoms with E-state index in [0.29, 0.717) is 12.0 Å². The van der Waals surface area contributed by atoms with Crippen LogP contribution in [0.1, 0.15) is 49.2 Å². The molecule has 1 amide bonds. The Hall–Kier alpha value is -1.88. The number of carbonyl (C=O) groups excluding carboxylic acids is 2. The van der Waals surface area contributed by atoms with Crippen LogP contribution in [0.2, 0.25) is 0 Å². The topological polar surface area (TPSA) is 67.4 Å². The van der Waals surface area contributed by atoms with E-state index in [9.17, 15) is 9.59 Å². The number of carbonyl (C=O) groups is 2. The minimum Gasteiger partial charge on any atom is -0.443 e. The van der Waals surface area contributed by atoms with Crippen LogP contribution in [0, 0.1) is 0 Å². The van der Waals surface area contributed by atoms with E-state index in [1.54, 1.807) is 26.8 Å². The number of rotatable bonds is 2. The third-order valence-corrected chi connectivity index (χ3v) is 2.77. The van der Waals surface area contributed by atoms with Crippen LogP contribution >= 0.6 is 0 Å². The molecule has 0 aromatic heterocycles. The fourth-order valence-corrected chi connectivity index (χ4v) is 2.04. The third-order valence-electron chi connectivity index (χ3n) is 2.77. The molecule has 0 fully saturated rings. The minimum atomic E-state index is -0.552. The Morgan fingerprint density at radius 3 is 2.68 bits per heavy atom. The van der Waals surface area contributed by atoms with Gasteiger partial charge in [-0.25, -0.2) is 10.2 Å². The van der Waals surface area contributed by atoms with Crippen LogP contribution < -0.4 is 10.9 Å². The van der Waals surface area contributed by atoms with Gasteiger partial charge in [-0.15, -0.1) is 0 Å². The number of amides is 1. The molecule has 0 aliphatic heterocycles. The lowest BCUT2D eigenvalue weighted by Crippen LogP contribution is -2.42. The van der Waals surface area contributed by atoms with E-state index in [2.05, 4.69) is 10.9 Å². The highest BCUT2D eigenvalue weighted by Gasteiger charge is 2.29. The Labute approximate surface area is 112 Å². The van der Waals surface area contributed by atoms with Gasteiger partial charge in [-0.3, -0.25) is 10.2 Å². The van der Waals surface area contributed by atoms with Crippen molar-refractivity contribution in [3.05, 3.63) is 35.4 Å². The van der Waals surface area contributed by atoms with Crippen LogP contribution in [0.4, 0.5) is 4.79 Å². The monoisotopic (exact) mass is 262 g/mol. The first-order chi connectivity index (χ1) is 8.87. The van der Waals surface area contributed by atoms with Crippen molar-refractivity contribution in [3.8, 4) is 0 Å². The lowest BCUT2D eigenvalue weighted by molar-refractivity contribution is 0.0486. The highest BCUT2D eigenvalue weighted by atomic mass is 16.6. The molecule has 1 unspecified atom stereocenters. The van der Waals surface area contributed by atoms with Crippen molar-refractivity contribution >= 4 is 11.9 Å². The molecular weight excluding hydrogens is 244 g/mol. The van der Waals surface area contributed by atoms with Crippen LogP contribution in [0.5, 0.6) is 0 Å². The fourth-order valence-electron chi connectivity index (χ4n) is 2.04. The van der Waals surface area contributed by atoms with Gasteiger partial charge in [0.05, 0.1) is 6.04 Å². The summed E-state index contributed by atoms with van der Waals surface area (Å²) >= 11 is 0. The summed E-state index contributed by atoms with van der Waals surface area (Å²) in [6.45, 7) is 5.38. The maximum atomic E-state index is 11.8. The first-order valence-corrected chi connectivity index (χ1v) is 6.23. The molecule has 2 rings (SSSR count). The summed E-state index contributed by atoms with van der Waals surface area (Å²) in [5.41, 5.74) is 6.40. The van der Waals surface area contributed by atoms with Gasteiger partial charge in [-0.1, -0.05) is 24.3 Å². The second-order valence-electron chi connectivity index (χ2n) is 5.54. The molecule has 2 N–H and O–H groups in total. The number of nitrogens with one attached hydrogen (secondary N) is 2. The van der Waals surface area contributed by atoms with Crippen molar-refractivity contribution in [2.45, 2.75) is 38.8 Å². The van der Waals surface area contributed by atoms with Gasteiger partial charge in [-0.2, -0.15) is 0 Å². The van der Waals surface area contributed by atoms with Crippen LogP contribution in [0.25, 0.3) is 0 Å². The number of ketones is 1. The predicted octanol–water partition coefficient (Wildman–Crippen LogP) is 2.34. The highest BCUT2D eigenvalue weighted by molar-refractivity contribution is 6.01. The number of hydrogen-bond acceptors (Lipinski definition) is 4. The van der Waals surface area contributed by atoms with Gasteiger partial charge in [0.25, 0.3) is 0 Å². The van der Waals surface area contributed by atoms with Gasteiger partial charge in [0.2, 0.25) is 0 Å². The Morgan fingerprint density at radius 2 is 2.00 bits per heavy atom. The molecule has 19 heavy (non-hydrogen) atoms. The Kier molecular flexibility index (Phi) is 3.57. The van der Waals surface area contributed by atoms with E-state index in [0.717, 1.165) is 5.56 Å². The quantitative estimate of drug-likeness (QED) is 0.803. The molecule has 5 nitrogen and oxygen atoms in total. The zero-order valence-electron chi connectivity index (χ0n) is 11.3. The summed E-state index contributed by atoms with van der Waals surface area (Å²) in [5, 5.41) is 0. The molecule has 0 saturated carbocycles. The molecule has 1 aromatic rings. The normalized spacial score (nSPS) is 18.1. The summed E-state index contributed by atoms with van der Waals surface area (Å²) in [7, 11) is 0. The van der Waals surface area contributed by atoms with Crippen LogP contribution in [0.3, 0.4) is 0 Å². The van der Waals surface area contributed by atoms with Crippen molar-refractivity contribution in [1.29, 1.82) is 0 Å². The second-order valence-corrected chi connectivity index (χ2v) is 5.54. The number of fused-ring (bicyclic) bond motifs is 1. The van der Waals surface area contributed by atoms with Crippen molar-refractivity contribution in [2.75, 3.05) is 0 Å². The molecule has 1 atom stereocenters. The molecule has 0 saturated heterocycles. The fraction of sp³-hybridized carbons (Fsp3) is 0.429. The average molecular weight is 262 g/mol. The van der Waals surface area contributed by atoms with Crippen LogP contribution in [-0.4, -0.2) is 17.5 Å². The summed E-state index contributed by atoms with van der Waals surface area (Å²) in [6.07, 6.45) is -0.209. The van der Waals surface area contributed by atoms with Gasteiger partial charge >= 0.3 is 6.09 Å². The first-order valence-electron chi connectivity index (χ1n) is 6.23. The van der Waals surface area contributed by atoms with Crippen LogP contribution in [0.15, 0.2) is 24.3 Å². The maximum Gasteiger partial charge on any atom is 0.422 e. The van der Waals surface area contributed by atoms with E-state index in [-0.39, 0.29) is 11.8 Å². The zero-order chi connectivity index (χ0) is 14.0. The second kappa shape index (κ2) is 5.01. The third kappa shape index (κ3) is 3.32. The van der Waals surface area contributed by atoms with E-state index in [1.165, 1.54) is 0 Å². The summed E-state index contributed by atoms with van der Waals surface area (Å²) in [6, 6.07) is 7.19. The molecule has 0 bridgehead atoms. The van der Waals surface area contributed by atoms with Crippen molar-refractivity contribution in [3.63, 3.8) is 0 Å². The van der Waals surface area contributed by atoms with Crippen LogP contribution in [-0.2, 0) is 4.74 Å². The number of Topliss-reactive ketones (excluding diaryl/α,β-unsaturated/α-hetero) is 1. The van der Waals surface area contributed by atoms with Gasteiger partial charge in [0, 0.05) is 12.0 Å². The van der Waals surface area contributed by atoms with Crippen molar-refractivity contribution in [1.82, 2.24) is 10.9 Å². The molecule has 5 heteroatoms. The number of hydrazine groups is 1. The molecule has 102 valence electrons. The number of hydrogen-bond donors (Lipinski definition) is 2. The smallest absolute Gasteiger partial charge is 0.422 e. The van der Waals surface area contributed by atoms with Gasteiger partial charge in [0.15, 0.2) is 5.78 Å². The molecule has 0 spiro atoms. The van der Waals surface area contributed by atoms with Gasteiger partial charge < -0.3 is 4.74 Å². The first kappa shape index (κ1) is 13.5. The Balaban J connectivity index is 1.95. The summed E-state index contributed by atoms with van der Waals surface area (Å²) < 4.78 is 5.11. The molecule has 1 aliphatic rings. The molecular formula is C14H18N2O3. The maximum absolute atomic E-state index is 11.8. The highest BCUT2D eigenvalue weighted by Crippen LogP contribution is 2.30. The van der Waals surface area contributed by atoms with E-state index < -0.39 is 11.7 Å². The Morgan fingerprint density at radius 1 is 1.32 bits per heavy atom.